The molecule has 0 aromatic carbocycles. The maximum atomic E-state index is 11.8. The van der Waals surface area contributed by atoms with Crippen LogP contribution in [0.3, 0.4) is 0 Å². The molecule has 4 heteroatoms. The first-order valence-electron chi connectivity index (χ1n) is 7.72. The van der Waals surface area contributed by atoms with Gasteiger partial charge in [0.05, 0.1) is 6.10 Å². The Hall–Kier alpha value is -0.770. The summed E-state index contributed by atoms with van der Waals surface area (Å²) in [6.07, 6.45) is 5.14. The fourth-order valence-electron chi connectivity index (χ4n) is 3.02. The fourth-order valence-corrected chi connectivity index (χ4v) is 3.02. The highest BCUT2D eigenvalue weighted by Gasteiger charge is 2.31. The molecule has 0 aromatic rings. The third-order valence-corrected chi connectivity index (χ3v) is 4.21. The van der Waals surface area contributed by atoms with Crippen molar-refractivity contribution in [2.45, 2.75) is 58.6 Å². The molecular weight excluding hydrogens is 240 g/mol. The van der Waals surface area contributed by atoms with Crippen molar-refractivity contribution < 1.29 is 9.53 Å². The summed E-state index contributed by atoms with van der Waals surface area (Å²) < 4.78 is 5.73. The van der Waals surface area contributed by atoms with Crippen LogP contribution in [-0.4, -0.2) is 31.3 Å². The predicted molar refractivity (Wildman–Crippen MR) is 76.0 cm³/mol. The normalized spacial score (nSPS) is 28.4. The van der Waals surface area contributed by atoms with E-state index >= 15 is 0 Å². The highest BCUT2D eigenvalue weighted by molar-refractivity contribution is 5.74. The Kier molecular flexibility index (Phi) is 5.08. The van der Waals surface area contributed by atoms with Crippen LogP contribution in [0.2, 0.25) is 0 Å². The number of amides is 2. The molecule has 3 atom stereocenters. The summed E-state index contributed by atoms with van der Waals surface area (Å²) in [4.78, 5) is 11.8. The maximum absolute atomic E-state index is 11.8. The van der Waals surface area contributed by atoms with Crippen molar-refractivity contribution in [3.8, 4) is 0 Å². The number of nitrogens with one attached hydrogen (secondary N) is 2. The third-order valence-electron chi connectivity index (χ3n) is 4.21. The van der Waals surface area contributed by atoms with E-state index in [9.17, 15) is 4.79 Å². The standard InChI is InChI=1S/C15H28N2O2/c1-10(2)14-13(6-7-19-14)9-16-15(18)17-11(3)8-12-4-5-12/h10-14H,4-9H2,1-3H3,(H2,16,17,18)/t11-,13+,14+/m0/s1. The summed E-state index contributed by atoms with van der Waals surface area (Å²) in [7, 11) is 0. The summed E-state index contributed by atoms with van der Waals surface area (Å²) in [5.74, 6) is 1.83. The smallest absolute Gasteiger partial charge is 0.315 e. The summed E-state index contributed by atoms with van der Waals surface area (Å²) >= 11 is 0. The van der Waals surface area contributed by atoms with Gasteiger partial charge in [-0.3, -0.25) is 0 Å². The van der Waals surface area contributed by atoms with Gasteiger partial charge in [-0.05, 0) is 31.6 Å². The lowest BCUT2D eigenvalue weighted by molar-refractivity contribution is 0.0545. The molecule has 0 aromatic heterocycles. The van der Waals surface area contributed by atoms with Gasteiger partial charge in [0.1, 0.15) is 0 Å². The van der Waals surface area contributed by atoms with Crippen molar-refractivity contribution in [1.82, 2.24) is 10.6 Å². The minimum atomic E-state index is -0.0254. The van der Waals surface area contributed by atoms with Crippen molar-refractivity contribution in [2.24, 2.45) is 17.8 Å². The van der Waals surface area contributed by atoms with E-state index in [1.54, 1.807) is 0 Å². The molecule has 0 spiro atoms. The van der Waals surface area contributed by atoms with Gasteiger partial charge in [0.2, 0.25) is 0 Å². The molecule has 0 bridgehead atoms. The van der Waals surface area contributed by atoms with E-state index in [-0.39, 0.29) is 12.1 Å². The lowest BCUT2D eigenvalue weighted by Crippen LogP contribution is -2.44. The Labute approximate surface area is 116 Å². The molecular formula is C15H28N2O2. The summed E-state index contributed by atoms with van der Waals surface area (Å²) in [5, 5.41) is 6.03. The van der Waals surface area contributed by atoms with Gasteiger partial charge in [-0.1, -0.05) is 26.7 Å². The molecule has 110 valence electrons. The first-order chi connectivity index (χ1) is 9.06. The van der Waals surface area contributed by atoms with Gasteiger partial charge in [-0.15, -0.1) is 0 Å². The third kappa shape index (κ3) is 4.68. The average molecular weight is 268 g/mol. The molecule has 2 fully saturated rings. The number of hydrogen-bond donors (Lipinski definition) is 2. The average Bonchev–Trinajstić information content (AvgIpc) is 3.01. The summed E-state index contributed by atoms with van der Waals surface area (Å²) in [6, 6.07) is 0.260. The van der Waals surface area contributed by atoms with E-state index in [0.717, 1.165) is 31.9 Å². The van der Waals surface area contributed by atoms with Crippen molar-refractivity contribution in [3.63, 3.8) is 0 Å². The molecule has 2 amide bonds. The van der Waals surface area contributed by atoms with Crippen molar-refractivity contribution in [1.29, 1.82) is 0 Å². The number of carbonyl (C=O) groups is 1. The van der Waals surface area contributed by atoms with Gasteiger partial charge in [0, 0.05) is 25.1 Å². The van der Waals surface area contributed by atoms with Crippen LogP contribution in [0.4, 0.5) is 4.79 Å². The zero-order chi connectivity index (χ0) is 13.8. The molecule has 1 saturated heterocycles. The molecule has 2 aliphatic rings. The van der Waals surface area contributed by atoms with Crippen LogP contribution in [0.5, 0.6) is 0 Å². The monoisotopic (exact) mass is 268 g/mol. The van der Waals surface area contributed by atoms with Crippen LogP contribution >= 0.6 is 0 Å². The van der Waals surface area contributed by atoms with E-state index in [4.69, 9.17) is 4.74 Å². The number of ether oxygens (including phenoxy) is 1. The first kappa shape index (κ1) is 14.6. The Morgan fingerprint density at radius 3 is 2.63 bits per heavy atom. The van der Waals surface area contributed by atoms with Crippen LogP contribution in [0.25, 0.3) is 0 Å². The van der Waals surface area contributed by atoms with E-state index in [1.807, 2.05) is 0 Å². The Morgan fingerprint density at radius 2 is 2.00 bits per heavy atom. The zero-order valence-electron chi connectivity index (χ0n) is 12.4. The van der Waals surface area contributed by atoms with Crippen LogP contribution in [0.1, 0.15) is 46.5 Å². The number of hydrogen-bond acceptors (Lipinski definition) is 2. The molecule has 1 heterocycles. The first-order valence-corrected chi connectivity index (χ1v) is 7.72. The molecule has 0 unspecified atom stereocenters. The minimum absolute atomic E-state index is 0.0254. The second kappa shape index (κ2) is 6.60. The molecule has 1 aliphatic carbocycles. The molecule has 1 saturated carbocycles. The van der Waals surface area contributed by atoms with E-state index < -0.39 is 0 Å². The SMILES string of the molecule is CC(C)[C@H]1OCC[C@@H]1CNC(=O)N[C@@H](C)CC1CC1. The van der Waals surface area contributed by atoms with Gasteiger partial charge in [0.15, 0.2) is 0 Å². The van der Waals surface area contributed by atoms with Crippen LogP contribution in [-0.2, 0) is 4.74 Å². The Bertz CT molecular complexity index is 303. The van der Waals surface area contributed by atoms with E-state index in [1.165, 1.54) is 12.8 Å². The van der Waals surface area contributed by atoms with Gasteiger partial charge in [0.25, 0.3) is 0 Å². The fraction of sp³-hybridized carbons (Fsp3) is 0.933. The highest BCUT2D eigenvalue weighted by Crippen LogP contribution is 2.33. The topological polar surface area (TPSA) is 50.4 Å². The zero-order valence-corrected chi connectivity index (χ0v) is 12.4. The minimum Gasteiger partial charge on any atom is -0.378 e. The molecule has 2 N–H and O–H groups in total. The molecule has 1 aliphatic heterocycles. The lowest BCUT2D eigenvalue weighted by atomic mass is 9.93. The van der Waals surface area contributed by atoms with Gasteiger partial charge < -0.3 is 15.4 Å². The molecule has 2 rings (SSSR count). The number of urea groups is 1. The Morgan fingerprint density at radius 1 is 1.26 bits per heavy atom. The van der Waals surface area contributed by atoms with Crippen molar-refractivity contribution >= 4 is 6.03 Å². The molecule has 4 nitrogen and oxygen atoms in total. The van der Waals surface area contributed by atoms with E-state index in [0.29, 0.717) is 17.9 Å². The van der Waals surface area contributed by atoms with Crippen LogP contribution < -0.4 is 10.6 Å². The van der Waals surface area contributed by atoms with Crippen molar-refractivity contribution in [2.75, 3.05) is 13.2 Å². The molecule has 19 heavy (non-hydrogen) atoms. The Balaban J connectivity index is 1.64. The van der Waals surface area contributed by atoms with Crippen molar-refractivity contribution in [3.05, 3.63) is 0 Å². The maximum Gasteiger partial charge on any atom is 0.315 e. The van der Waals surface area contributed by atoms with Gasteiger partial charge >= 0.3 is 6.03 Å². The van der Waals surface area contributed by atoms with E-state index in [2.05, 4.69) is 31.4 Å². The summed E-state index contributed by atoms with van der Waals surface area (Å²) in [6.45, 7) is 8.01. The van der Waals surface area contributed by atoms with Gasteiger partial charge in [-0.25, -0.2) is 4.79 Å². The lowest BCUT2D eigenvalue weighted by Gasteiger charge is -2.22. The quantitative estimate of drug-likeness (QED) is 0.778. The second-order valence-corrected chi connectivity index (χ2v) is 6.56. The highest BCUT2D eigenvalue weighted by atomic mass is 16.5. The molecule has 0 radical (unpaired) electrons. The number of rotatable bonds is 6. The number of carbonyl (C=O) groups excluding carboxylic acids is 1. The second-order valence-electron chi connectivity index (χ2n) is 6.56. The van der Waals surface area contributed by atoms with Gasteiger partial charge in [-0.2, -0.15) is 0 Å². The largest absolute Gasteiger partial charge is 0.378 e. The van der Waals surface area contributed by atoms with Crippen LogP contribution in [0.15, 0.2) is 0 Å². The predicted octanol–water partition coefficient (Wildman–Crippen LogP) is 2.54. The summed E-state index contributed by atoms with van der Waals surface area (Å²) in [5.41, 5.74) is 0. The van der Waals surface area contributed by atoms with Crippen LogP contribution in [0, 0.1) is 17.8 Å².